The third-order valence-corrected chi connectivity index (χ3v) is 10.7. The molecule has 7 N–H and O–H groups in total. The first-order valence-electron chi connectivity index (χ1n) is 19.1. The van der Waals surface area contributed by atoms with E-state index in [2.05, 4.69) is 5.32 Å². The summed E-state index contributed by atoms with van der Waals surface area (Å²) in [5, 5.41) is 42.4. The van der Waals surface area contributed by atoms with Crippen LogP contribution in [0, 0.1) is 0 Å². The molecule has 0 saturated heterocycles. The molecule has 4 aromatic carbocycles. The monoisotopic (exact) mass is 808 g/mol. The number of benzene rings is 4. The Balaban J connectivity index is 1.39. The average Bonchev–Trinajstić information content (AvgIpc) is 4.04. The molecule has 6 bridgehead atoms. The molecule has 0 aromatic heterocycles. The van der Waals surface area contributed by atoms with E-state index in [1.807, 2.05) is 43.4 Å². The Hall–Kier alpha value is -8.38. The van der Waals surface area contributed by atoms with E-state index in [9.17, 15) is 39.6 Å². The van der Waals surface area contributed by atoms with Crippen molar-refractivity contribution in [1.29, 1.82) is 0 Å². The molecular formula is C49H36N4O8. The second-order valence-electron chi connectivity index (χ2n) is 14.5. The first-order valence-corrected chi connectivity index (χ1v) is 19.1. The van der Waals surface area contributed by atoms with Gasteiger partial charge in [0.2, 0.25) is 0 Å². The highest BCUT2D eigenvalue weighted by atomic mass is 16.4. The molecule has 0 saturated carbocycles. The molecule has 1 atom stereocenters. The molecule has 4 heterocycles. The fraction of sp³-hybridized carbons (Fsp3) is 0.0612. The smallest absolute Gasteiger partial charge is 0.335 e. The van der Waals surface area contributed by atoms with Gasteiger partial charge in [0.25, 0.3) is 0 Å². The summed E-state index contributed by atoms with van der Waals surface area (Å²) in [5.74, 6) is -4.26. The van der Waals surface area contributed by atoms with Crippen molar-refractivity contribution in [2.75, 3.05) is 0 Å². The van der Waals surface area contributed by atoms with Gasteiger partial charge < -0.3 is 31.5 Å². The highest BCUT2D eigenvalue weighted by Gasteiger charge is 2.30. The summed E-state index contributed by atoms with van der Waals surface area (Å²) in [6, 6.07) is 25.6. The van der Waals surface area contributed by atoms with Gasteiger partial charge in [-0.15, -0.1) is 0 Å². The summed E-state index contributed by atoms with van der Waals surface area (Å²) in [6.45, 7) is 1.90. The minimum atomic E-state index is -1.08. The summed E-state index contributed by atoms with van der Waals surface area (Å²) in [7, 11) is 0. The number of rotatable bonds is 8. The number of aromatic carboxylic acids is 4. The second kappa shape index (κ2) is 16.1. The third kappa shape index (κ3) is 7.80. The molecule has 4 aromatic rings. The number of hydrogen-bond acceptors (Lipinski definition) is 8. The Labute approximate surface area is 349 Å². The number of fused-ring (bicyclic) bond motifs is 4. The first-order chi connectivity index (χ1) is 29.4. The molecule has 61 heavy (non-hydrogen) atoms. The number of carboxylic acid groups (broad SMARTS) is 4. The fourth-order valence-corrected chi connectivity index (χ4v) is 7.72. The fourth-order valence-electron chi connectivity index (χ4n) is 7.72. The van der Waals surface area contributed by atoms with Crippen molar-refractivity contribution in [3.8, 4) is 0 Å². The van der Waals surface area contributed by atoms with Crippen molar-refractivity contribution in [3.63, 3.8) is 0 Å². The first kappa shape index (κ1) is 39.4. The molecule has 0 fully saturated rings. The van der Waals surface area contributed by atoms with Crippen LogP contribution >= 0.6 is 0 Å². The molecule has 12 nitrogen and oxygen atoms in total. The van der Waals surface area contributed by atoms with Crippen LogP contribution in [0.1, 0.15) is 77.0 Å². The van der Waals surface area contributed by atoms with E-state index in [-0.39, 0.29) is 28.3 Å². The predicted octanol–water partition coefficient (Wildman–Crippen LogP) is 8.28. The zero-order valence-electron chi connectivity index (χ0n) is 32.5. The maximum Gasteiger partial charge on any atom is 0.335 e. The number of aliphatic imine (C=N–C) groups is 2. The third-order valence-electron chi connectivity index (χ3n) is 10.7. The van der Waals surface area contributed by atoms with Gasteiger partial charge in [0, 0.05) is 33.7 Å². The molecular weight excluding hydrogens is 773 g/mol. The van der Waals surface area contributed by atoms with E-state index in [0.29, 0.717) is 74.0 Å². The molecule has 0 aliphatic carbocycles. The van der Waals surface area contributed by atoms with Gasteiger partial charge in [-0.05, 0) is 120 Å². The molecule has 300 valence electrons. The van der Waals surface area contributed by atoms with Crippen LogP contribution in [0.4, 0.5) is 0 Å². The Morgan fingerprint density at radius 1 is 0.525 bits per heavy atom. The molecule has 12 heteroatoms. The Morgan fingerprint density at radius 3 is 1.43 bits per heavy atom. The van der Waals surface area contributed by atoms with Gasteiger partial charge in [0.1, 0.15) is 0 Å². The van der Waals surface area contributed by atoms with Gasteiger partial charge in [-0.25, -0.2) is 29.2 Å². The maximum atomic E-state index is 11.9. The molecule has 4 aliphatic heterocycles. The standard InChI is InChI=1S/C49H36N4O8/c1-26-2-19-35(50)43(28-5-13-32(14-6-28)47(56)57)37-21-23-39(52-37)45(30-9-17-34(18-10-30)49(60)61)41-25-24-40(53-41)44(29-7-15-33(16-8-29)48(58)59)38-22-20-36(51-38)42(26)27-3-11-31(12-4-27)46(54)55/h2-23,25,40,53H,24,50H2,1H3,(H,54,55)(H,56,57)(H,58,59)(H,60,61)/b19-2-,42-26+,43-35-,44-38-,45-39-. The van der Waals surface area contributed by atoms with E-state index in [1.54, 1.807) is 66.7 Å². The number of nitrogens with one attached hydrogen (secondary N) is 1. The Kier molecular flexibility index (Phi) is 10.4. The van der Waals surface area contributed by atoms with Gasteiger partial charge in [0.05, 0.1) is 51.1 Å². The molecule has 8 rings (SSSR count). The Morgan fingerprint density at radius 2 is 0.934 bits per heavy atom. The van der Waals surface area contributed by atoms with Crippen molar-refractivity contribution in [3.05, 3.63) is 212 Å². The lowest BCUT2D eigenvalue weighted by atomic mass is 9.94. The zero-order chi connectivity index (χ0) is 42.9. The summed E-state index contributed by atoms with van der Waals surface area (Å²) >= 11 is 0. The number of carboxylic acids is 4. The van der Waals surface area contributed by atoms with E-state index in [1.165, 1.54) is 36.4 Å². The van der Waals surface area contributed by atoms with Crippen LogP contribution < -0.4 is 11.1 Å². The average molecular weight is 809 g/mol. The van der Waals surface area contributed by atoms with E-state index in [4.69, 9.17) is 15.7 Å². The highest BCUT2D eigenvalue weighted by Crippen LogP contribution is 2.39. The lowest BCUT2D eigenvalue weighted by Gasteiger charge is -2.21. The second-order valence-corrected chi connectivity index (χ2v) is 14.5. The number of allylic oxidation sites excluding steroid dienone is 10. The molecule has 0 spiro atoms. The van der Waals surface area contributed by atoms with Gasteiger partial charge in [-0.2, -0.15) is 0 Å². The summed E-state index contributed by atoms with van der Waals surface area (Å²) < 4.78 is 0. The quantitative estimate of drug-likeness (QED) is 0.100. The number of carbonyl (C=O) groups is 4. The van der Waals surface area contributed by atoms with Crippen LogP contribution in [-0.2, 0) is 0 Å². The van der Waals surface area contributed by atoms with Crippen molar-refractivity contribution in [2.45, 2.75) is 19.4 Å². The van der Waals surface area contributed by atoms with E-state index < -0.39 is 23.9 Å². The number of nitrogens with zero attached hydrogens (tertiary/aromatic N) is 2. The summed E-state index contributed by atoms with van der Waals surface area (Å²) in [6.07, 6.45) is 13.6. The van der Waals surface area contributed by atoms with Crippen LogP contribution in [-0.4, -0.2) is 61.8 Å². The minimum Gasteiger partial charge on any atom is -0.478 e. The predicted molar refractivity (Wildman–Crippen MR) is 233 cm³/mol. The van der Waals surface area contributed by atoms with Gasteiger partial charge >= 0.3 is 23.9 Å². The highest BCUT2D eigenvalue weighted by molar-refractivity contribution is 6.33. The van der Waals surface area contributed by atoms with Crippen molar-refractivity contribution in [1.82, 2.24) is 5.32 Å². The summed E-state index contributed by atoms with van der Waals surface area (Å²) in [4.78, 5) is 57.6. The maximum absolute atomic E-state index is 11.9. The normalized spacial score (nSPS) is 22.5. The lowest BCUT2D eigenvalue weighted by Crippen LogP contribution is -2.25. The van der Waals surface area contributed by atoms with Crippen molar-refractivity contribution < 1.29 is 39.6 Å². The van der Waals surface area contributed by atoms with Crippen LogP contribution in [0.25, 0.3) is 22.3 Å². The zero-order valence-corrected chi connectivity index (χ0v) is 32.5. The molecule has 0 radical (unpaired) electrons. The van der Waals surface area contributed by atoms with Gasteiger partial charge in [-0.1, -0.05) is 60.7 Å². The van der Waals surface area contributed by atoms with Crippen molar-refractivity contribution in [2.24, 2.45) is 15.7 Å². The molecule has 0 amide bonds. The minimum absolute atomic E-state index is 0.0982. The van der Waals surface area contributed by atoms with E-state index >= 15 is 0 Å². The summed E-state index contributed by atoms with van der Waals surface area (Å²) in [5.41, 5.74) is 16.9. The van der Waals surface area contributed by atoms with Crippen LogP contribution in [0.15, 0.2) is 178 Å². The topological polar surface area (TPSA) is 212 Å². The molecule has 4 aliphatic rings. The van der Waals surface area contributed by atoms with Crippen LogP contribution in [0.5, 0.6) is 0 Å². The molecule has 1 unspecified atom stereocenters. The van der Waals surface area contributed by atoms with Gasteiger partial charge in [0.15, 0.2) is 0 Å². The SMILES string of the molecule is CC1=C(/c2ccc(C(=O)O)cc2)C2=N/C(=C(/c3ccc(C(=O)O)cc3)C3CC=C(N3)/C(c3ccc(C(=O)O)cc3)=C3/C=CC(=N3)/C(c3ccc(C(=O)O)cc3)=C(N)/C=C\1)C=C2. The van der Waals surface area contributed by atoms with Gasteiger partial charge in [-0.3, -0.25) is 0 Å². The van der Waals surface area contributed by atoms with Crippen LogP contribution in [0.3, 0.4) is 0 Å². The van der Waals surface area contributed by atoms with E-state index in [0.717, 1.165) is 16.7 Å². The largest absolute Gasteiger partial charge is 0.478 e. The number of hydrogen-bond donors (Lipinski definition) is 6. The lowest BCUT2D eigenvalue weighted by molar-refractivity contribution is 0.0686. The Bertz CT molecular complexity index is 2880. The van der Waals surface area contributed by atoms with Crippen LogP contribution in [0.2, 0.25) is 0 Å². The van der Waals surface area contributed by atoms with Crippen molar-refractivity contribution >= 4 is 57.6 Å². The number of nitrogens with two attached hydrogens (primary N) is 1.